The van der Waals surface area contributed by atoms with E-state index in [9.17, 15) is 9.90 Å². The van der Waals surface area contributed by atoms with Gasteiger partial charge >= 0.3 is 6.03 Å². The van der Waals surface area contributed by atoms with Crippen molar-refractivity contribution in [2.24, 2.45) is 11.8 Å². The molecule has 1 fully saturated rings. The summed E-state index contributed by atoms with van der Waals surface area (Å²) >= 11 is 0. The van der Waals surface area contributed by atoms with Crippen LogP contribution in [0.3, 0.4) is 0 Å². The number of amides is 2. The Hall–Kier alpha value is -1.56. The molecule has 0 aliphatic carbocycles. The summed E-state index contributed by atoms with van der Waals surface area (Å²) < 4.78 is 1.84. The molecule has 2 unspecified atom stereocenters. The van der Waals surface area contributed by atoms with Crippen LogP contribution in [0.2, 0.25) is 0 Å². The Morgan fingerprint density at radius 1 is 1.52 bits per heavy atom. The van der Waals surface area contributed by atoms with Gasteiger partial charge in [0.2, 0.25) is 0 Å². The molecule has 0 bridgehead atoms. The lowest BCUT2D eigenvalue weighted by molar-refractivity contribution is 0.0766. The number of hydrogen-bond acceptors (Lipinski definition) is 3. The number of carbonyl (C=O) groups is 1. The van der Waals surface area contributed by atoms with Crippen LogP contribution in [0.25, 0.3) is 0 Å². The predicted octanol–water partition coefficient (Wildman–Crippen LogP) is 2.16. The first-order valence-electron chi connectivity index (χ1n) is 7.72. The largest absolute Gasteiger partial charge is 0.393 e. The van der Waals surface area contributed by atoms with Crippen LogP contribution >= 0.6 is 0 Å². The number of likely N-dealkylation sites (tertiary alicyclic amines) is 1. The van der Waals surface area contributed by atoms with Gasteiger partial charge in [-0.1, -0.05) is 13.8 Å². The first kappa shape index (κ1) is 15.8. The minimum atomic E-state index is -0.366. The summed E-state index contributed by atoms with van der Waals surface area (Å²) in [7, 11) is 0. The smallest absolute Gasteiger partial charge is 0.321 e. The molecule has 6 nitrogen and oxygen atoms in total. The molecule has 0 spiro atoms. The minimum absolute atomic E-state index is 0.107. The number of hydrogen-bond donors (Lipinski definition) is 2. The van der Waals surface area contributed by atoms with Crippen molar-refractivity contribution in [3.8, 4) is 0 Å². The van der Waals surface area contributed by atoms with Crippen molar-refractivity contribution in [3.05, 3.63) is 12.4 Å². The number of nitrogens with zero attached hydrogens (tertiary/aromatic N) is 3. The highest BCUT2D eigenvalue weighted by atomic mass is 16.3. The maximum Gasteiger partial charge on any atom is 0.321 e. The maximum atomic E-state index is 12.3. The standard InChI is InChI=1S/C15H26N4O2/c1-11(2)8-19-10-14(7-16-19)17-15(21)18-6-4-5-13(9-18)12(3)20/h7,10-13,20H,4-6,8-9H2,1-3H3,(H,17,21). The quantitative estimate of drug-likeness (QED) is 0.894. The lowest BCUT2D eigenvalue weighted by Gasteiger charge is -2.33. The molecular weight excluding hydrogens is 268 g/mol. The number of rotatable bonds is 4. The van der Waals surface area contributed by atoms with Gasteiger partial charge in [-0.3, -0.25) is 4.68 Å². The minimum Gasteiger partial charge on any atom is -0.393 e. The van der Waals surface area contributed by atoms with Crippen molar-refractivity contribution in [1.82, 2.24) is 14.7 Å². The fourth-order valence-electron chi connectivity index (χ4n) is 2.69. The molecule has 1 aromatic heterocycles. The van der Waals surface area contributed by atoms with Gasteiger partial charge in [0.25, 0.3) is 0 Å². The third kappa shape index (κ3) is 4.46. The summed E-state index contributed by atoms with van der Waals surface area (Å²) in [5.41, 5.74) is 0.722. The summed E-state index contributed by atoms with van der Waals surface area (Å²) in [5, 5.41) is 16.8. The second-order valence-electron chi connectivity index (χ2n) is 6.36. The molecule has 2 atom stereocenters. The number of piperidine rings is 1. The van der Waals surface area contributed by atoms with Crippen molar-refractivity contribution in [2.75, 3.05) is 18.4 Å². The van der Waals surface area contributed by atoms with Gasteiger partial charge in [0, 0.05) is 31.7 Å². The lowest BCUT2D eigenvalue weighted by Crippen LogP contribution is -2.44. The van der Waals surface area contributed by atoms with Crippen LogP contribution in [0.15, 0.2) is 12.4 Å². The molecule has 1 aromatic rings. The van der Waals surface area contributed by atoms with Crippen LogP contribution in [-0.4, -0.2) is 45.0 Å². The normalized spacial score (nSPS) is 20.6. The zero-order valence-corrected chi connectivity index (χ0v) is 13.1. The van der Waals surface area contributed by atoms with Gasteiger partial charge in [-0.05, 0) is 25.7 Å². The Bertz CT molecular complexity index is 470. The molecule has 2 heterocycles. The van der Waals surface area contributed by atoms with Crippen LogP contribution in [-0.2, 0) is 6.54 Å². The number of anilines is 1. The van der Waals surface area contributed by atoms with Gasteiger partial charge < -0.3 is 15.3 Å². The van der Waals surface area contributed by atoms with Crippen LogP contribution < -0.4 is 5.32 Å². The van der Waals surface area contributed by atoms with Gasteiger partial charge in [-0.2, -0.15) is 5.10 Å². The molecule has 2 N–H and O–H groups in total. The summed E-state index contributed by atoms with van der Waals surface area (Å²) in [4.78, 5) is 14.0. The monoisotopic (exact) mass is 294 g/mol. The van der Waals surface area contributed by atoms with Crippen molar-refractivity contribution in [2.45, 2.75) is 46.3 Å². The molecule has 1 aliphatic rings. The van der Waals surface area contributed by atoms with Crippen molar-refractivity contribution in [3.63, 3.8) is 0 Å². The Morgan fingerprint density at radius 3 is 2.95 bits per heavy atom. The van der Waals surface area contributed by atoms with Crippen LogP contribution in [0.5, 0.6) is 0 Å². The van der Waals surface area contributed by atoms with E-state index >= 15 is 0 Å². The van der Waals surface area contributed by atoms with Gasteiger partial charge in [0.05, 0.1) is 18.0 Å². The van der Waals surface area contributed by atoms with E-state index in [0.29, 0.717) is 12.5 Å². The highest BCUT2D eigenvalue weighted by Crippen LogP contribution is 2.20. The molecule has 2 amide bonds. The first-order valence-corrected chi connectivity index (χ1v) is 7.72. The number of urea groups is 1. The molecule has 21 heavy (non-hydrogen) atoms. The molecule has 0 saturated carbocycles. The zero-order chi connectivity index (χ0) is 15.4. The molecule has 1 aliphatic heterocycles. The summed E-state index contributed by atoms with van der Waals surface area (Å²) in [6, 6.07) is -0.107. The van der Waals surface area contributed by atoms with Crippen molar-refractivity contribution >= 4 is 11.7 Å². The second-order valence-corrected chi connectivity index (χ2v) is 6.36. The fourth-order valence-corrected chi connectivity index (χ4v) is 2.69. The van der Waals surface area contributed by atoms with E-state index in [1.54, 1.807) is 18.0 Å². The number of aliphatic hydroxyl groups is 1. The van der Waals surface area contributed by atoms with Crippen LogP contribution in [0, 0.1) is 11.8 Å². The third-order valence-corrected chi connectivity index (χ3v) is 3.86. The van der Waals surface area contributed by atoms with E-state index < -0.39 is 0 Å². The molecule has 0 radical (unpaired) electrons. The molecule has 0 aromatic carbocycles. The van der Waals surface area contributed by atoms with Crippen molar-refractivity contribution in [1.29, 1.82) is 0 Å². The van der Waals surface area contributed by atoms with Crippen LogP contribution in [0.1, 0.15) is 33.6 Å². The van der Waals surface area contributed by atoms with Gasteiger partial charge in [0.15, 0.2) is 0 Å². The summed E-state index contributed by atoms with van der Waals surface area (Å²) in [6.45, 7) is 8.25. The van der Waals surface area contributed by atoms with Crippen LogP contribution in [0.4, 0.5) is 10.5 Å². The Labute approximate surface area is 126 Å². The fraction of sp³-hybridized carbons (Fsp3) is 0.733. The van der Waals surface area contributed by atoms with E-state index in [0.717, 1.165) is 31.6 Å². The second kappa shape index (κ2) is 6.93. The number of aliphatic hydroxyl groups excluding tert-OH is 1. The highest BCUT2D eigenvalue weighted by molar-refractivity contribution is 5.89. The average molecular weight is 294 g/mol. The van der Waals surface area contributed by atoms with Crippen molar-refractivity contribution < 1.29 is 9.90 Å². The zero-order valence-electron chi connectivity index (χ0n) is 13.1. The third-order valence-electron chi connectivity index (χ3n) is 3.86. The predicted molar refractivity (Wildman–Crippen MR) is 82.1 cm³/mol. The van der Waals surface area contributed by atoms with Gasteiger partial charge in [-0.25, -0.2) is 4.79 Å². The lowest BCUT2D eigenvalue weighted by atomic mass is 9.94. The molecule has 1 saturated heterocycles. The molecule has 2 rings (SSSR count). The summed E-state index contributed by atoms with van der Waals surface area (Å²) in [5.74, 6) is 0.690. The number of carbonyl (C=O) groups excluding carboxylic acids is 1. The number of aromatic nitrogens is 2. The van der Waals surface area contributed by atoms with E-state index in [1.165, 1.54) is 0 Å². The van der Waals surface area contributed by atoms with E-state index in [1.807, 2.05) is 10.9 Å². The SMILES string of the molecule is CC(C)Cn1cc(NC(=O)N2CCCC(C(C)O)C2)cn1. The molecule has 118 valence electrons. The molecule has 6 heteroatoms. The van der Waals surface area contributed by atoms with E-state index in [2.05, 4.69) is 24.3 Å². The Balaban J connectivity index is 1.90. The van der Waals surface area contributed by atoms with Gasteiger partial charge in [-0.15, -0.1) is 0 Å². The average Bonchev–Trinajstić information content (AvgIpc) is 2.85. The summed E-state index contributed by atoms with van der Waals surface area (Å²) in [6.07, 6.45) is 5.09. The Morgan fingerprint density at radius 2 is 2.29 bits per heavy atom. The molecular formula is C15H26N4O2. The maximum absolute atomic E-state index is 12.3. The Kier molecular flexibility index (Phi) is 5.22. The van der Waals surface area contributed by atoms with E-state index in [4.69, 9.17) is 0 Å². The number of nitrogens with one attached hydrogen (secondary N) is 1. The topological polar surface area (TPSA) is 70.4 Å². The first-order chi connectivity index (χ1) is 9.95. The highest BCUT2D eigenvalue weighted by Gasteiger charge is 2.26. The van der Waals surface area contributed by atoms with E-state index in [-0.39, 0.29) is 18.1 Å². The van der Waals surface area contributed by atoms with Gasteiger partial charge in [0.1, 0.15) is 0 Å².